The molecule has 1 amide bonds. The molecule has 3 aromatic rings. The molecule has 0 saturated carbocycles. The third-order valence-corrected chi connectivity index (χ3v) is 8.63. The maximum atomic E-state index is 13.9. The van der Waals surface area contributed by atoms with Crippen LogP contribution in [0.25, 0.3) is 10.9 Å². The van der Waals surface area contributed by atoms with E-state index in [1.165, 1.54) is 16.7 Å². The van der Waals surface area contributed by atoms with E-state index < -0.39 is 24.1 Å². The van der Waals surface area contributed by atoms with Crippen LogP contribution in [0.2, 0.25) is 0 Å². The molecule has 0 bridgehead atoms. The fourth-order valence-electron chi connectivity index (χ4n) is 5.69. The second-order valence-corrected chi connectivity index (χ2v) is 12.9. The van der Waals surface area contributed by atoms with Crippen molar-refractivity contribution < 1.29 is 28.6 Å². The maximum Gasteiger partial charge on any atom is 0.323 e. The van der Waals surface area contributed by atoms with Crippen molar-refractivity contribution in [2.24, 2.45) is 5.41 Å². The van der Waals surface area contributed by atoms with E-state index in [1.807, 2.05) is 21.9 Å². The van der Waals surface area contributed by atoms with E-state index in [0.29, 0.717) is 51.4 Å². The molecular formula is C35H48N4O6. The third-order valence-electron chi connectivity index (χ3n) is 8.63. The van der Waals surface area contributed by atoms with Crippen molar-refractivity contribution in [2.45, 2.75) is 61.6 Å². The number of esters is 2. The first-order valence-corrected chi connectivity index (χ1v) is 15.6. The van der Waals surface area contributed by atoms with Gasteiger partial charge in [0.1, 0.15) is 0 Å². The minimum Gasteiger partial charge on any atom is -0.427 e. The topological polar surface area (TPSA) is 102 Å². The second-order valence-electron chi connectivity index (χ2n) is 12.9. The van der Waals surface area contributed by atoms with Crippen molar-refractivity contribution in [3.8, 4) is 0 Å². The molecule has 0 atom stereocenters. The zero-order valence-electron chi connectivity index (χ0n) is 28.0. The molecule has 1 aliphatic rings. The Bertz CT molecular complexity index is 1530. The van der Waals surface area contributed by atoms with Gasteiger partial charge in [0, 0.05) is 63.0 Å². The summed E-state index contributed by atoms with van der Waals surface area (Å²) in [6.07, 6.45) is 0. The van der Waals surface area contributed by atoms with Gasteiger partial charge in [-0.1, -0.05) is 18.2 Å². The lowest BCUT2D eigenvalue weighted by Gasteiger charge is -2.34. The lowest BCUT2D eigenvalue weighted by atomic mass is 9.98. The van der Waals surface area contributed by atoms with Gasteiger partial charge >= 0.3 is 11.9 Å². The van der Waals surface area contributed by atoms with Crippen LogP contribution in [-0.4, -0.2) is 85.4 Å². The molecular weight excluding hydrogens is 572 g/mol. The molecule has 1 fully saturated rings. The van der Waals surface area contributed by atoms with Gasteiger partial charge in [0.25, 0.3) is 5.91 Å². The number of aryl methyl sites for hydroxylation is 3. The highest BCUT2D eigenvalue weighted by Crippen LogP contribution is 2.34. The van der Waals surface area contributed by atoms with Gasteiger partial charge in [-0.25, -0.2) is 0 Å². The van der Waals surface area contributed by atoms with Crippen LogP contribution in [0.5, 0.6) is 0 Å². The molecule has 0 spiro atoms. The number of piperazine rings is 1. The monoisotopic (exact) mass is 620 g/mol. The SMILES string of the molecule is COCCn1c(C)c(C)c2cc(C(=O)N3CCN(CC(=O)OCOC(=O)C(C)(C)C)CC3)cc(NCc3c(C)cccc3C)c21. The average molecular weight is 621 g/mol. The van der Waals surface area contributed by atoms with Gasteiger partial charge < -0.3 is 29.0 Å². The van der Waals surface area contributed by atoms with Crippen LogP contribution in [0.15, 0.2) is 30.3 Å². The maximum absolute atomic E-state index is 13.9. The lowest BCUT2D eigenvalue weighted by molar-refractivity contribution is -0.173. The van der Waals surface area contributed by atoms with Gasteiger partial charge in [0.15, 0.2) is 0 Å². The minimum atomic E-state index is -0.665. The number of amides is 1. The Morgan fingerprint density at radius 1 is 0.933 bits per heavy atom. The lowest BCUT2D eigenvalue weighted by Crippen LogP contribution is -2.50. The van der Waals surface area contributed by atoms with Gasteiger partial charge in [-0.2, -0.15) is 0 Å². The van der Waals surface area contributed by atoms with Crippen LogP contribution in [0.1, 0.15) is 59.1 Å². The quantitative estimate of drug-likeness (QED) is 0.237. The van der Waals surface area contributed by atoms with Crippen molar-refractivity contribution in [3.05, 3.63) is 63.8 Å². The van der Waals surface area contributed by atoms with E-state index in [-0.39, 0.29) is 12.5 Å². The molecule has 1 aliphatic heterocycles. The van der Waals surface area contributed by atoms with Crippen molar-refractivity contribution >= 4 is 34.4 Å². The molecule has 1 aromatic heterocycles. The van der Waals surface area contributed by atoms with Crippen LogP contribution in [0, 0.1) is 33.1 Å². The first-order chi connectivity index (χ1) is 21.3. The van der Waals surface area contributed by atoms with Gasteiger partial charge in [0.2, 0.25) is 6.79 Å². The normalized spacial score (nSPS) is 14.1. The van der Waals surface area contributed by atoms with Crippen LogP contribution in [0.4, 0.5) is 5.69 Å². The summed E-state index contributed by atoms with van der Waals surface area (Å²) in [5.41, 5.74) is 7.93. The third kappa shape index (κ3) is 8.04. The number of fused-ring (bicyclic) bond motifs is 1. The summed E-state index contributed by atoms with van der Waals surface area (Å²) < 4.78 is 17.8. The minimum absolute atomic E-state index is 0.0370. The molecule has 0 unspecified atom stereocenters. The molecule has 1 saturated heterocycles. The highest BCUT2D eigenvalue weighted by atomic mass is 16.7. The smallest absolute Gasteiger partial charge is 0.323 e. The van der Waals surface area contributed by atoms with Gasteiger partial charge in [-0.3, -0.25) is 19.3 Å². The number of nitrogens with zero attached hydrogens (tertiary/aromatic N) is 3. The number of aromatic nitrogens is 1. The summed E-state index contributed by atoms with van der Waals surface area (Å²) >= 11 is 0. The van der Waals surface area contributed by atoms with E-state index in [1.54, 1.807) is 27.9 Å². The highest BCUT2D eigenvalue weighted by Gasteiger charge is 2.27. The molecule has 10 heteroatoms. The van der Waals surface area contributed by atoms with E-state index in [9.17, 15) is 14.4 Å². The number of ether oxygens (including phenoxy) is 3. The Kier molecular flexibility index (Phi) is 10.9. The molecule has 244 valence electrons. The Hall–Kier alpha value is -3.89. The Labute approximate surface area is 266 Å². The Morgan fingerprint density at radius 2 is 1.60 bits per heavy atom. The first kappa shape index (κ1) is 34.0. The number of anilines is 1. The Balaban J connectivity index is 1.49. The molecule has 45 heavy (non-hydrogen) atoms. The van der Waals surface area contributed by atoms with Gasteiger partial charge in [-0.05, 0) is 82.9 Å². The molecule has 1 N–H and O–H groups in total. The zero-order chi connectivity index (χ0) is 32.9. The van der Waals surface area contributed by atoms with Crippen molar-refractivity contribution in [1.29, 1.82) is 0 Å². The summed E-state index contributed by atoms with van der Waals surface area (Å²) in [5, 5.41) is 4.73. The first-order valence-electron chi connectivity index (χ1n) is 15.6. The number of methoxy groups -OCH3 is 1. The summed E-state index contributed by atoms with van der Waals surface area (Å²) in [6.45, 7) is 17.3. The Morgan fingerprint density at radius 3 is 2.22 bits per heavy atom. The van der Waals surface area contributed by atoms with Crippen LogP contribution >= 0.6 is 0 Å². The standard InChI is InChI=1S/C35H48N4O6/c1-23-10-9-11-24(2)29(23)20-36-30-19-27(18-28-25(3)26(4)39(32(28)30)16-17-43-8)33(41)38-14-12-37(13-15-38)21-31(40)44-22-45-34(42)35(5,6)7/h9-11,18-19,36H,12-17,20-22H2,1-8H3. The number of hydrogen-bond donors (Lipinski definition) is 1. The van der Waals surface area contributed by atoms with E-state index in [0.717, 1.165) is 27.8 Å². The number of hydrogen-bond acceptors (Lipinski definition) is 8. The van der Waals surface area contributed by atoms with Crippen LogP contribution in [-0.2, 0) is 36.9 Å². The average Bonchev–Trinajstić information content (AvgIpc) is 3.23. The zero-order valence-corrected chi connectivity index (χ0v) is 28.0. The van der Waals surface area contributed by atoms with E-state index >= 15 is 0 Å². The molecule has 4 rings (SSSR count). The number of rotatable bonds is 11. The van der Waals surface area contributed by atoms with Crippen LogP contribution in [0.3, 0.4) is 0 Å². The van der Waals surface area contributed by atoms with E-state index in [4.69, 9.17) is 14.2 Å². The number of benzene rings is 2. The number of nitrogens with one attached hydrogen (secondary N) is 1. The predicted octanol–water partition coefficient (Wildman–Crippen LogP) is 4.98. The molecule has 2 heterocycles. The van der Waals surface area contributed by atoms with Gasteiger partial charge in [-0.15, -0.1) is 0 Å². The molecule has 2 aromatic carbocycles. The molecule has 0 radical (unpaired) electrons. The fourth-order valence-corrected chi connectivity index (χ4v) is 5.69. The predicted molar refractivity (Wildman–Crippen MR) is 175 cm³/mol. The van der Waals surface area contributed by atoms with Crippen LogP contribution < -0.4 is 5.32 Å². The van der Waals surface area contributed by atoms with E-state index in [2.05, 4.69) is 55.8 Å². The second kappa shape index (κ2) is 14.5. The largest absolute Gasteiger partial charge is 0.427 e. The fraction of sp³-hybridized carbons (Fsp3) is 0.514. The summed E-state index contributed by atoms with van der Waals surface area (Å²) in [4.78, 5) is 41.9. The summed E-state index contributed by atoms with van der Waals surface area (Å²) in [6, 6.07) is 10.3. The number of carbonyl (C=O) groups excluding carboxylic acids is 3. The summed E-state index contributed by atoms with van der Waals surface area (Å²) in [5.74, 6) is -0.934. The molecule has 0 aliphatic carbocycles. The van der Waals surface area contributed by atoms with Crippen molar-refractivity contribution in [3.63, 3.8) is 0 Å². The molecule has 10 nitrogen and oxygen atoms in total. The number of carbonyl (C=O) groups is 3. The summed E-state index contributed by atoms with van der Waals surface area (Å²) in [7, 11) is 1.71. The van der Waals surface area contributed by atoms with Crippen molar-refractivity contribution in [1.82, 2.24) is 14.4 Å². The van der Waals surface area contributed by atoms with Gasteiger partial charge in [0.05, 0.1) is 29.8 Å². The highest BCUT2D eigenvalue weighted by molar-refractivity contribution is 6.04. The van der Waals surface area contributed by atoms with Crippen molar-refractivity contribution in [2.75, 3.05) is 58.6 Å².